The van der Waals surface area contributed by atoms with Crippen molar-refractivity contribution in [3.05, 3.63) is 128 Å². The van der Waals surface area contributed by atoms with Gasteiger partial charge < -0.3 is 10.2 Å². The van der Waals surface area contributed by atoms with Crippen molar-refractivity contribution in [2.24, 2.45) is 28.1 Å². The number of phenolic OH excluding ortho intramolecular Hbond substituents is 2. The molecule has 0 radical (unpaired) electrons. The standard InChI is InChI=1S/C19H24O2.C19H36.C14H22.C12H18/c1-11-7-15(8-12(2)17(11)20)19(5,6)16-9-13(3)18(21)14(4)10-16;1-17(2)11-7-15(8-12-17)19(5,6)16-9-13-18(3,4)14-10-16;1-13(2,3)11-7-9-12(10-8-11)14(4,5)6;1-9(2)11-5-7-12(8-6-11)10(3)4/h7-10,20-21H,1-6H3;15-16H,7-14H2,1-6H3;7-10H,1-6H3;5-10H,1-4H3. The molecule has 0 saturated heterocycles. The molecule has 0 bridgehead atoms. The number of benzene rings is 4. The maximum Gasteiger partial charge on any atom is 0.121 e. The summed E-state index contributed by atoms with van der Waals surface area (Å²) in [6.45, 7) is 49.4. The van der Waals surface area contributed by atoms with E-state index in [1.54, 1.807) is 0 Å². The lowest BCUT2D eigenvalue weighted by Gasteiger charge is -2.49. The molecule has 2 saturated carbocycles. The van der Waals surface area contributed by atoms with Gasteiger partial charge in [0, 0.05) is 5.41 Å². The predicted molar refractivity (Wildman–Crippen MR) is 291 cm³/mol. The first-order valence-corrected chi connectivity index (χ1v) is 25.9. The van der Waals surface area contributed by atoms with Crippen LogP contribution in [0.5, 0.6) is 11.5 Å². The van der Waals surface area contributed by atoms with Crippen molar-refractivity contribution in [2.75, 3.05) is 0 Å². The van der Waals surface area contributed by atoms with Gasteiger partial charge in [-0.2, -0.15) is 0 Å². The van der Waals surface area contributed by atoms with Crippen LogP contribution in [0.2, 0.25) is 0 Å². The van der Waals surface area contributed by atoms with E-state index in [0.717, 1.165) is 34.1 Å². The minimum absolute atomic E-state index is 0.188. The highest BCUT2D eigenvalue weighted by atomic mass is 16.3. The van der Waals surface area contributed by atoms with Gasteiger partial charge in [-0.05, 0) is 185 Å². The molecule has 2 N–H and O–H groups in total. The van der Waals surface area contributed by atoms with Crippen molar-refractivity contribution in [1.29, 1.82) is 0 Å². The Hall–Kier alpha value is -3.52. The first-order valence-electron chi connectivity index (χ1n) is 25.9. The fourth-order valence-electron chi connectivity index (χ4n) is 10.2. The van der Waals surface area contributed by atoms with Crippen LogP contribution in [0.15, 0.2) is 72.8 Å². The molecule has 4 aromatic rings. The number of hydrogen-bond donors (Lipinski definition) is 2. The second kappa shape index (κ2) is 22.3. The van der Waals surface area contributed by atoms with Gasteiger partial charge in [0.05, 0.1) is 0 Å². The molecule has 2 nitrogen and oxygen atoms in total. The van der Waals surface area contributed by atoms with Crippen molar-refractivity contribution in [3.8, 4) is 11.5 Å². The average molecular weight is 902 g/mol. The fraction of sp³-hybridized carbons (Fsp3) is 0.625. The highest BCUT2D eigenvalue weighted by molar-refractivity contribution is 5.51. The molecule has 0 unspecified atom stereocenters. The van der Waals surface area contributed by atoms with Gasteiger partial charge in [0.15, 0.2) is 0 Å². The first kappa shape index (κ1) is 56.8. The molecule has 4 aromatic carbocycles. The van der Waals surface area contributed by atoms with Crippen LogP contribution in [0.1, 0.15) is 243 Å². The van der Waals surface area contributed by atoms with Gasteiger partial charge in [0.2, 0.25) is 0 Å². The van der Waals surface area contributed by atoms with Crippen LogP contribution < -0.4 is 0 Å². The van der Waals surface area contributed by atoms with Crippen LogP contribution in [0, 0.1) is 55.8 Å². The largest absolute Gasteiger partial charge is 0.507 e. The van der Waals surface area contributed by atoms with Gasteiger partial charge in [-0.3, -0.25) is 0 Å². The third kappa shape index (κ3) is 15.8. The lowest BCUT2D eigenvalue weighted by Crippen LogP contribution is -2.39. The van der Waals surface area contributed by atoms with Crippen LogP contribution in [0.3, 0.4) is 0 Å². The third-order valence-corrected chi connectivity index (χ3v) is 16.1. The van der Waals surface area contributed by atoms with Gasteiger partial charge in [0.25, 0.3) is 0 Å². The molecular weight excluding hydrogens is 801 g/mol. The third-order valence-electron chi connectivity index (χ3n) is 16.1. The van der Waals surface area contributed by atoms with E-state index in [4.69, 9.17) is 0 Å². The van der Waals surface area contributed by atoms with Crippen molar-refractivity contribution >= 4 is 0 Å². The average Bonchev–Trinajstić information content (AvgIpc) is 3.21. The van der Waals surface area contributed by atoms with Crippen molar-refractivity contribution < 1.29 is 10.2 Å². The van der Waals surface area contributed by atoms with Crippen LogP contribution in [-0.4, -0.2) is 10.2 Å². The van der Waals surface area contributed by atoms with Gasteiger partial charge in [-0.25, -0.2) is 0 Å². The fourth-order valence-corrected chi connectivity index (χ4v) is 10.2. The van der Waals surface area contributed by atoms with E-state index < -0.39 is 0 Å². The Balaban J connectivity index is 0.000000239. The van der Waals surface area contributed by atoms with Gasteiger partial charge in [0.1, 0.15) is 11.5 Å². The zero-order valence-electron chi connectivity index (χ0n) is 46.8. The van der Waals surface area contributed by atoms with E-state index in [-0.39, 0.29) is 16.2 Å². The molecule has 2 aliphatic rings. The zero-order valence-corrected chi connectivity index (χ0v) is 46.8. The van der Waals surface area contributed by atoms with Crippen LogP contribution in [0.4, 0.5) is 0 Å². The smallest absolute Gasteiger partial charge is 0.121 e. The van der Waals surface area contributed by atoms with Crippen molar-refractivity contribution in [3.63, 3.8) is 0 Å². The number of rotatable bonds is 6. The molecule has 0 atom stereocenters. The minimum Gasteiger partial charge on any atom is -0.507 e. The van der Waals surface area contributed by atoms with Gasteiger partial charge >= 0.3 is 0 Å². The monoisotopic (exact) mass is 901 g/mol. The van der Waals surface area contributed by atoms with Crippen LogP contribution in [0.25, 0.3) is 0 Å². The van der Waals surface area contributed by atoms with E-state index >= 15 is 0 Å². The molecule has 66 heavy (non-hydrogen) atoms. The lowest BCUT2D eigenvalue weighted by atomic mass is 9.56. The summed E-state index contributed by atoms with van der Waals surface area (Å²) in [5, 5.41) is 19.9. The Labute approximate surface area is 408 Å². The SMILES string of the molecule is CC(C)(C)c1ccc(C(C)(C)C)cc1.CC(C)c1ccc(C(C)C)cc1.CC1(C)CCC(C(C)(C)C2CCC(C)(C)CC2)CC1.Cc1cc(C(C)(C)c2cc(C)c(O)c(C)c2)cc(C)c1O. The summed E-state index contributed by atoms with van der Waals surface area (Å²) in [4.78, 5) is 0. The van der Waals surface area contributed by atoms with Crippen LogP contribution >= 0.6 is 0 Å². The summed E-state index contributed by atoms with van der Waals surface area (Å²) < 4.78 is 0. The molecule has 0 amide bonds. The minimum atomic E-state index is -0.188. The van der Waals surface area contributed by atoms with Crippen LogP contribution in [-0.2, 0) is 16.2 Å². The van der Waals surface area contributed by atoms with Crippen molar-refractivity contribution in [2.45, 2.75) is 232 Å². The summed E-state index contributed by atoms with van der Waals surface area (Å²) >= 11 is 0. The molecular formula is C64H100O2. The molecule has 2 fully saturated rings. The first-order chi connectivity index (χ1) is 30.1. The Kier molecular flexibility index (Phi) is 19.2. The highest BCUT2D eigenvalue weighted by Gasteiger charge is 2.42. The van der Waals surface area contributed by atoms with Gasteiger partial charge in [-0.1, -0.05) is 197 Å². The molecule has 0 aliphatic heterocycles. The van der Waals surface area contributed by atoms with E-state index in [1.165, 1.54) is 84.7 Å². The predicted octanol–water partition coefficient (Wildman–Crippen LogP) is 19.3. The van der Waals surface area contributed by atoms with E-state index in [2.05, 4.69) is 173 Å². The number of aromatic hydroxyl groups is 2. The molecule has 0 spiro atoms. The van der Waals surface area contributed by atoms with E-state index in [0.29, 0.717) is 39.6 Å². The zero-order chi connectivity index (χ0) is 50.4. The highest BCUT2D eigenvalue weighted by Crippen LogP contribution is 2.53. The summed E-state index contributed by atoms with van der Waals surface area (Å²) in [5.41, 5.74) is 13.7. The second-order valence-electron chi connectivity index (χ2n) is 26.3. The number of phenols is 2. The Morgan fingerprint density at radius 3 is 0.879 bits per heavy atom. The Bertz CT molecular complexity index is 1910. The topological polar surface area (TPSA) is 40.5 Å². The Morgan fingerprint density at radius 2 is 0.667 bits per heavy atom. The van der Waals surface area contributed by atoms with E-state index in [1.807, 2.05) is 52.0 Å². The number of aryl methyl sites for hydroxylation is 4. The molecule has 2 aliphatic carbocycles. The maximum absolute atomic E-state index is 9.96. The molecule has 6 rings (SSSR count). The number of hydrogen-bond acceptors (Lipinski definition) is 2. The summed E-state index contributed by atoms with van der Waals surface area (Å²) in [5.74, 6) is 3.98. The summed E-state index contributed by atoms with van der Waals surface area (Å²) in [7, 11) is 0. The van der Waals surface area contributed by atoms with Gasteiger partial charge in [-0.15, -0.1) is 0 Å². The molecule has 2 heteroatoms. The lowest BCUT2D eigenvalue weighted by molar-refractivity contribution is 0.0148. The Morgan fingerprint density at radius 1 is 0.424 bits per heavy atom. The maximum atomic E-state index is 9.96. The normalized spacial score (nSPS) is 17.0. The summed E-state index contributed by atoms with van der Waals surface area (Å²) in [6, 6.07) is 26.1. The molecule has 0 aromatic heterocycles. The summed E-state index contributed by atoms with van der Waals surface area (Å²) in [6.07, 6.45) is 11.7. The quantitative estimate of drug-likeness (QED) is 0.202. The molecule has 0 heterocycles. The second-order valence-corrected chi connectivity index (χ2v) is 26.3. The molecule has 368 valence electrons. The van der Waals surface area contributed by atoms with E-state index in [9.17, 15) is 10.2 Å². The van der Waals surface area contributed by atoms with Crippen molar-refractivity contribution in [1.82, 2.24) is 0 Å².